The second-order valence-corrected chi connectivity index (χ2v) is 5.26. The molecule has 0 bridgehead atoms. The topological polar surface area (TPSA) is 46.7 Å². The van der Waals surface area contributed by atoms with Crippen molar-refractivity contribution in [2.24, 2.45) is 5.18 Å². The van der Waals surface area contributed by atoms with Crippen molar-refractivity contribution >= 4 is 34.7 Å². The van der Waals surface area contributed by atoms with Crippen LogP contribution in [0.15, 0.2) is 41.7 Å². The summed E-state index contributed by atoms with van der Waals surface area (Å²) in [5, 5.41) is 4.27. The number of aromatic nitrogens is 2. The molecule has 0 aliphatic heterocycles. The molecule has 0 saturated heterocycles. The molecule has 3 aromatic rings. The fraction of sp³-hybridized carbons (Fsp3) is 0.0714. The number of hydrogen-bond acceptors (Lipinski definition) is 3. The number of nitroso groups, excluding NO2 is 1. The first-order valence-electron chi connectivity index (χ1n) is 5.87. The van der Waals surface area contributed by atoms with E-state index >= 15 is 0 Å². The van der Waals surface area contributed by atoms with E-state index in [1.165, 1.54) is 0 Å². The van der Waals surface area contributed by atoms with Gasteiger partial charge in [-0.3, -0.25) is 4.40 Å². The van der Waals surface area contributed by atoms with Crippen LogP contribution in [0.1, 0.15) is 5.56 Å². The van der Waals surface area contributed by atoms with Crippen LogP contribution >= 0.6 is 23.2 Å². The summed E-state index contributed by atoms with van der Waals surface area (Å²) >= 11 is 12.0. The van der Waals surface area contributed by atoms with Gasteiger partial charge in [0, 0.05) is 16.8 Å². The highest BCUT2D eigenvalue weighted by molar-refractivity contribution is 6.31. The molecule has 0 fully saturated rings. The standard InChI is InChI=1S/C14H9Cl2N3O/c1-8-6-9(2-4-11(8)16)13-14(18-20)19-7-10(15)3-5-12(19)17-13/h2-7H,1H3. The molecule has 100 valence electrons. The van der Waals surface area contributed by atoms with E-state index in [1.54, 1.807) is 28.8 Å². The summed E-state index contributed by atoms with van der Waals surface area (Å²) in [6.07, 6.45) is 1.62. The van der Waals surface area contributed by atoms with Crippen molar-refractivity contribution in [1.82, 2.24) is 9.38 Å². The van der Waals surface area contributed by atoms with Crippen LogP contribution in [0.5, 0.6) is 0 Å². The molecule has 0 radical (unpaired) electrons. The van der Waals surface area contributed by atoms with Gasteiger partial charge in [-0.05, 0) is 41.9 Å². The van der Waals surface area contributed by atoms with Crippen molar-refractivity contribution < 1.29 is 0 Å². The van der Waals surface area contributed by atoms with Crippen molar-refractivity contribution in [3.8, 4) is 11.3 Å². The molecule has 0 N–H and O–H groups in total. The number of halogens is 2. The largest absolute Gasteiger partial charge is 0.280 e. The Bertz CT molecular complexity index is 827. The number of imidazole rings is 1. The Balaban J connectivity index is 2.30. The molecule has 2 aromatic heterocycles. The average Bonchev–Trinajstić information content (AvgIpc) is 2.79. The molecule has 4 nitrogen and oxygen atoms in total. The Hall–Kier alpha value is -1.91. The number of aryl methyl sites for hydroxylation is 1. The van der Waals surface area contributed by atoms with Crippen LogP contribution in [-0.2, 0) is 0 Å². The normalized spacial score (nSPS) is 10.9. The molecule has 2 heterocycles. The van der Waals surface area contributed by atoms with Gasteiger partial charge in [0.05, 0.1) is 5.02 Å². The highest BCUT2D eigenvalue weighted by atomic mass is 35.5. The zero-order valence-corrected chi connectivity index (χ0v) is 12.0. The second kappa shape index (κ2) is 4.89. The van der Waals surface area contributed by atoms with E-state index < -0.39 is 0 Å². The van der Waals surface area contributed by atoms with E-state index in [2.05, 4.69) is 10.2 Å². The molecule has 0 spiro atoms. The number of benzene rings is 1. The SMILES string of the molecule is Cc1cc(-c2nc3ccc(Cl)cn3c2N=O)ccc1Cl. The molecule has 0 amide bonds. The number of hydrogen-bond donors (Lipinski definition) is 0. The van der Waals surface area contributed by atoms with Crippen molar-refractivity contribution in [1.29, 1.82) is 0 Å². The lowest BCUT2D eigenvalue weighted by molar-refractivity contribution is 1.16. The van der Waals surface area contributed by atoms with Gasteiger partial charge in [0.1, 0.15) is 11.3 Å². The summed E-state index contributed by atoms with van der Waals surface area (Å²) in [4.78, 5) is 15.6. The lowest BCUT2D eigenvalue weighted by Crippen LogP contribution is -1.83. The van der Waals surface area contributed by atoms with Crippen LogP contribution in [-0.4, -0.2) is 9.38 Å². The van der Waals surface area contributed by atoms with Crippen molar-refractivity contribution in [2.75, 3.05) is 0 Å². The zero-order chi connectivity index (χ0) is 14.3. The minimum absolute atomic E-state index is 0.226. The van der Waals surface area contributed by atoms with Crippen LogP contribution in [0.2, 0.25) is 10.0 Å². The number of pyridine rings is 1. The summed E-state index contributed by atoms with van der Waals surface area (Å²) in [7, 11) is 0. The molecule has 3 rings (SSSR count). The number of rotatable bonds is 2. The molecule has 0 atom stereocenters. The average molecular weight is 306 g/mol. The van der Waals surface area contributed by atoms with Crippen LogP contribution < -0.4 is 0 Å². The minimum atomic E-state index is 0.226. The monoisotopic (exact) mass is 305 g/mol. The highest BCUT2D eigenvalue weighted by Crippen LogP contribution is 2.33. The predicted molar refractivity (Wildman–Crippen MR) is 80.8 cm³/mol. The van der Waals surface area contributed by atoms with Gasteiger partial charge in [-0.15, -0.1) is 4.91 Å². The molecule has 0 unspecified atom stereocenters. The fourth-order valence-corrected chi connectivity index (χ4v) is 2.36. The van der Waals surface area contributed by atoms with Crippen molar-refractivity contribution in [3.05, 3.63) is 57.0 Å². The van der Waals surface area contributed by atoms with Gasteiger partial charge >= 0.3 is 0 Å². The van der Waals surface area contributed by atoms with E-state index in [0.29, 0.717) is 21.4 Å². The van der Waals surface area contributed by atoms with Crippen LogP contribution in [0, 0.1) is 11.8 Å². The summed E-state index contributed by atoms with van der Waals surface area (Å²) in [6.45, 7) is 1.90. The van der Waals surface area contributed by atoms with Crippen molar-refractivity contribution in [3.63, 3.8) is 0 Å². The first-order chi connectivity index (χ1) is 9.60. The molecular weight excluding hydrogens is 297 g/mol. The van der Waals surface area contributed by atoms with E-state index in [0.717, 1.165) is 11.1 Å². The third-order valence-corrected chi connectivity index (χ3v) is 3.72. The summed E-state index contributed by atoms with van der Waals surface area (Å²) in [5.74, 6) is 0.226. The molecule has 0 saturated carbocycles. The summed E-state index contributed by atoms with van der Waals surface area (Å²) < 4.78 is 1.58. The van der Waals surface area contributed by atoms with E-state index in [4.69, 9.17) is 23.2 Å². The maximum Gasteiger partial charge on any atom is 0.209 e. The third-order valence-electron chi connectivity index (χ3n) is 3.08. The quantitative estimate of drug-likeness (QED) is 0.624. The lowest BCUT2D eigenvalue weighted by Gasteiger charge is -2.01. The van der Waals surface area contributed by atoms with Gasteiger partial charge in [-0.25, -0.2) is 4.98 Å². The van der Waals surface area contributed by atoms with Gasteiger partial charge in [-0.1, -0.05) is 29.3 Å². The number of fused-ring (bicyclic) bond motifs is 1. The molecule has 0 aliphatic carbocycles. The Morgan fingerprint density at radius 2 is 2.00 bits per heavy atom. The Morgan fingerprint density at radius 3 is 2.70 bits per heavy atom. The predicted octanol–water partition coefficient (Wildman–Crippen LogP) is 5.01. The molecule has 1 aromatic carbocycles. The number of nitrogens with zero attached hydrogens (tertiary/aromatic N) is 3. The maximum absolute atomic E-state index is 11.2. The Labute approximate surface area is 124 Å². The zero-order valence-electron chi connectivity index (χ0n) is 10.5. The second-order valence-electron chi connectivity index (χ2n) is 4.41. The minimum Gasteiger partial charge on any atom is -0.280 e. The molecule has 20 heavy (non-hydrogen) atoms. The van der Waals surface area contributed by atoms with Crippen LogP contribution in [0.3, 0.4) is 0 Å². The van der Waals surface area contributed by atoms with Crippen LogP contribution in [0.4, 0.5) is 5.82 Å². The molecule has 6 heteroatoms. The van der Waals surface area contributed by atoms with Gasteiger partial charge in [0.2, 0.25) is 5.82 Å². The molecule has 0 aliphatic rings. The first-order valence-corrected chi connectivity index (χ1v) is 6.63. The van der Waals surface area contributed by atoms with Crippen molar-refractivity contribution in [2.45, 2.75) is 6.92 Å². The molecular formula is C14H9Cl2N3O. The highest BCUT2D eigenvalue weighted by Gasteiger charge is 2.15. The van der Waals surface area contributed by atoms with E-state index in [9.17, 15) is 4.91 Å². The van der Waals surface area contributed by atoms with E-state index in [-0.39, 0.29) is 5.82 Å². The summed E-state index contributed by atoms with van der Waals surface area (Å²) in [5.41, 5.74) is 2.84. The fourth-order valence-electron chi connectivity index (χ4n) is 2.08. The third kappa shape index (κ3) is 2.07. The summed E-state index contributed by atoms with van der Waals surface area (Å²) in [6, 6.07) is 8.92. The first kappa shape index (κ1) is 13.1. The lowest BCUT2D eigenvalue weighted by atomic mass is 10.1. The van der Waals surface area contributed by atoms with Gasteiger partial charge in [0.25, 0.3) is 0 Å². The van der Waals surface area contributed by atoms with E-state index in [1.807, 2.05) is 19.1 Å². The smallest absolute Gasteiger partial charge is 0.209 e. The Kier molecular flexibility index (Phi) is 3.20. The van der Waals surface area contributed by atoms with Gasteiger partial charge < -0.3 is 0 Å². The maximum atomic E-state index is 11.2. The van der Waals surface area contributed by atoms with Crippen LogP contribution in [0.25, 0.3) is 16.9 Å². The Morgan fingerprint density at radius 1 is 1.20 bits per heavy atom. The van der Waals surface area contributed by atoms with Gasteiger partial charge in [-0.2, -0.15) is 0 Å². The van der Waals surface area contributed by atoms with Gasteiger partial charge in [0.15, 0.2) is 0 Å².